The van der Waals surface area contributed by atoms with Crippen LogP contribution in [0.15, 0.2) is 0 Å². The Labute approximate surface area is 120 Å². The van der Waals surface area contributed by atoms with Crippen molar-refractivity contribution in [1.29, 1.82) is 0 Å². The van der Waals surface area contributed by atoms with E-state index in [9.17, 15) is 18.0 Å². The van der Waals surface area contributed by atoms with Gasteiger partial charge in [-0.15, -0.1) is 0 Å². The van der Waals surface area contributed by atoms with Crippen molar-refractivity contribution in [3.8, 4) is 0 Å². The first-order chi connectivity index (χ1) is 8.83. The zero-order valence-electron chi connectivity index (χ0n) is 12.6. The zero-order chi connectivity index (χ0) is 16.1. The first-order valence-electron chi connectivity index (χ1n) is 6.26. The Morgan fingerprint density at radius 3 is 2.15 bits per heavy atom. The van der Waals surface area contributed by atoms with Gasteiger partial charge in [-0.1, -0.05) is 20.8 Å². The number of aliphatic carboxylic acids is 1. The van der Waals surface area contributed by atoms with E-state index in [2.05, 4.69) is 5.32 Å². The Hall–Kier alpha value is -1.15. The van der Waals surface area contributed by atoms with Gasteiger partial charge in [0.2, 0.25) is 15.9 Å². The number of rotatable bonds is 7. The van der Waals surface area contributed by atoms with Crippen LogP contribution in [0.2, 0.25) is 0 Å². The first kappa shape index (κ1) is 18.9. The number of sulfonamides is 1. The van der Waals surface area contributed by atoms with Gasteiger partial charge in [0.25, 0.3) is 0 Å². The average molecular weight is 308 g/mol. The second kappa shape index (κ2) is 7.03. The molecule has 0 aliphatic heterocycles. The van der Waals surface area contributed by atoms with Gasteiger partial charge in [0, 0.05) is 7.05 Å². The van der Waals surface area contributed by atoms with E-state index in [4.69, 9.17) is 5.11 Å². The van der Waals surface area contributed by atoms with E-state index >= 15 is 0 Å². The molecule has 1 atom stereocenters. The molecule has 0 spiro atoms. The predicted octanol–water partition coefficient (Wildman–Crippen LogP) is 0.274. The number of carbonyl (C=O) groups excluding carboxylic acids is 1. The van der Waals surface area contributed by atoms with Gasteiger partial charge < -0.3 is 10.4 Å². The molecule has 0 aliphatic rings. The number of nitrogens with one attached hydrogen (secondary N) is 1. The Balaban J connectivity index is 4.54. The zero-order valence-corrected chi connectivity index (χ0v) is 13.5. The summed E-state index contributed by atoms with van der Waals surface area (Å²) in [7, 11) is -2.20. The summed E-state index contributed by atoms with van der Waals surface area (Å²) < 4.78 is 23.2. The molecule has 0 heterocycles. The average Bonchev–Trinajstić information content (AvgIpc) is 2.20. The van der Waals surface area contributed by atoms with Crippen molar-refractivity contribution >= 4 is 21.9 Å². The molecule has 0 aromatic heterocycles. The number of carboxylic acids is 1. The number of amides is 1. The second-order valence-electron chi connectivity index (χ2n) is 6.08. The lowest BCUT2D eigenvalue weighted by atomic mass is 9.88. The molecule has 1 unspecified atom stereocenters. The highest BCUT2D eigenvalue weighted by Gasteiger charge is 2.24. The number of carboxylic acid groups (broad SMARTS) is 1. The SMILES string of the molecule is CN(CC(=O)NC(CCC(C)(C)C)C(=O)O)S(C)(=O)=O. The van der Waals surface area contributed by atoms with Crippen molar-refractivity contribution in [1.82, 2.24) is 9.62 Å². The Morgan fingerprint density at radius 1 is 1.30 bits per heavy atom. The van der Waals surface area contributed by atoms with Crippen LogP contribution in [0.1, 0.15) is 33.6 Å². The van der Waals surface area contributed by atoms with Crippen molar-refractivity contribution in [2.24, 2.45) is 5.41 Å². The Kier molecular flexibility index (Phi) is 6.63. The van der Waals surface area contributed by atoms with Crippen molar-refractivity contribution < 1.29 is 23.1 Å². The van der Waals surface area contributed by atoms with Crippen LogP contribution in [0.3, 0.4) is 0 Å². The number of hydrogen-bond acceptors (Lipinski definition) is 4. The number of hydrogen-bond donors (Lipinski definition) is 2. The summed E-state index contributed by atoms with van der Waals surface area (Å²) in [6.07, 6.45) is 1.91. The molecule has 0 aliphatic carbocycles. The van der Waals surface area contributed by atoms with Gasteiger partial charge in [0.05, 0.1) is 12.8 Å². The normalized spacial score (nSPS) is 14.1. The number of nitrogens with zero attached hydrogens (tertiary/aromatic N) is 1. The maximum atomic E-state index is 11.7. The van der Waals surface area contributed by atoms with Crippen LogP contribution >= 0.6 is 0 Å². The molecule has 0 aromatic carbocycles. The summed E-state index contributed by atoms with van der Waals surface area (Å²) in [4.78, 5) is 22.7. The molecule has 0 bridgehead atoms. The minimum atomic E-state index is -3.46. The van der Waals surface area contributed by atoms with Gasteiger partial charge in [0.1, 0.15) is 6.04 Å². The van der Waals surface area contributed by atoms with Crippen molar-refractivity contribution in [3.05, 3.63) is 0 Å². The highest BCUT2D eigenvalue weighted by atomic mass is 32.2. The summed E-state index contributed by atoms with van der Waals surface area (Å²) in [5.41, 5.74) is -0.0397. The van der Waals surface area contributed by atoms with E-state index in [1.165, 1.54) is 7.05 Å². The summed E-state index contributed by atoms with van der Waals surface area (Å²) in [5, 5.41) is 11.4. The topological polar surface area (TPSA) is 104 Å². The lowest BCUT2D eigenvalue weighted by Gasteiger charge is -2.22. The molecule has 0 rings (SSSR count). The minimum Gasteiger partial charge on any atom is -0.480 e. The molecule has 7 nitrogen and oxygen atoms in total. The van der Waals surface area contributed by atoms with Gasteiger partial charge in [-0.05, 0) is 18.3 Å². The van der Waals surface area contributed by atoms with Crippen LogP contribution in [0, 0.1) is 5.41 Å². The molecule has 2 N–H and O–H groups in total. The van der Waals surface area contributed by atoms with E-state index in [0.717, 1.165) is 10.6 Å². The second-order valence-corrected chi connectivity index (χ2v) is 8.17. The van der Waals surface area contributed by atoms with Crippen LogP contribution in [0.5, 0.6) is 0 Å². The third kappa shape index (κ3) is 8.11. The minimum absolute atomic E-state index is 0.0397. The number of carbonyl (C=O) groups is 2. The maximum Gasteiger partial charge on any atom is 0.326 e. The first-order valence-corrected chi connectivity index (χ1v) is 8.11. The van der Waals surface area contributed by atoms with Gasteiger partial charge in [-0.3, -0.25) is 4.79 Å². The van der Waals surface area contributed by atoms with Crippen LogP contribution in [0.25, 0.3) is 0 Å². The van der Waals surface area contributed by atoms with E-state index in [1.807, 2.05) is 20.8 Å². The maximum absolute atomic E-state index is 11.7. The predicted molar refractivity (Wildman–Crippen MR) is 75.7 cm³/mol. The highest BCUT2D eigenvalue weighted by Crippen LogP contribution is 2.21. The van der Waals surface area contributed by atoms with E-state index in [-0.39, 0.29) is 5.41 Å². The molecule has 0 saturated carbocycles. The number of likely N-dealkylation sites (N-methyl/N-ethyl adjacent to an activating group) is 1. The fourth-order valence-corrected chi connectivity index (χ4v) is 1.75. The van der Waals surface area contributed by atoms with Crippen LogP contribution < -0.4 is 5.32 Å². The summed E-state index contributed by atoms with van der Waals surface area (Å²) >= 11 is 0. The molecule has 8 heteroatoms. The van der Waals surface area contributed by atoms with Gasteiger partial charge in [-0.2, -0.15) is 4.31 Å². The molecular formula is C12H24N2O5S. The summed E-state index contributed by atoms with van der Waals surface area (Å²) in [6.45, 7) is 5.54. The molecule has 20 heavy (non-hydrogen) atoms. The monoisotopic (exact) mass is 308 g/mol. The molecule has 118 valence electrons. The van der Waals surface area contributed by atoms with Gasteiger partial charge in [0.15, 0.2) is 0 Å². The molecule has 0 saturated heterocycles. The van der Waals surface area contributed by atoms with E-state index in [1.54, 1.807) is 0 Å². The largest absolute Gasteiger partial charge is 0.480 e. The van der Waals surface area contributed by atoms with Crippen LogP contribution in [0.4, 0.5) is 0 Å². The standard InChI is InChI=1S/C12H24N2O5S/c1-12(2,3)7-6-9(11(16)17)13-10(15)8-14(4)20(5,18)19/h9H,6-8H2,1-5H3,(H,13,15)(H,16,17). The highest BCUT2D eigenvalue weighted by molar-refractivity contribution is 7.88. The van der Waals surface area contributed by atoms with Crippen molar-refractivity contribution in [2.75, 3.05) is 19.8 Å². The molecule has 0 radical (unpaired) electrons. The van der Waals surface area contributed by atoms with Gasteiger partial charge >= 0.3 is 5.97 Å². The molecular weight excluding hydrogens is 284 g/mol. The van der Waals surface area contributed by atoms with E-state index in [0.29, 0.717) is 12.8 Å². The van der Waals surface area contributed by atoms with Crippen molar-refractivity contribution in [2.45, 2.75) is 39.7 Å². The summed E-state index contributed by atoms with van der Waals surface area (Å²) in [5.74, 6) is -1.75. The fraction of sp³-hybridized carbons (Fsp3) is 0.833. The molecule has 0 aromatic rings. The quantitative estimate of drug-likeness (QED) is 0.703. The molecule has 1 amide bonds. The molecule has 0 fully saturated rings. The van der Waals surface area contributed by atoms with Crippen LogP contribution in [-0.4, -0.2) is 55.6 Å². The lowest BCUT2D eigenvalue weighted by molar-refractivity contribution is -0.142. The van der Waals surface area contributed by atoms with Gasteiger partial charge in [-0.25, -0.2) is 13.2 Å². The van der Waals surface area contributed by atoms with Crippen molar-refractivity contribution in [3.63, 3.8) is 0 Å². The van der Waals surface area contributed by atoms with Crippen LogP contribution in [-0.2, 0) is 19.6 Å². The fourth-order valence-electron chi connectivity index (χ4n) is 1.39. The third-order valence-corrected chi connectivity index (χ3v) is 4.01. The summed E-state index contributed by atoms with van der Waals surface area (Å²) in [6, 6.07) is -1.00. The third-order valence-electron chi connectivity index (χ3n) is 2.75. The Bertz CT molecular complexity index is 453. The lowest BCUT2D eigenvalue weighted by Crippen LogP contribution is -2.46. The Morgan fingerprint density at radius 2 is 1.80 bits per heavy atom. The van der Waals surface area contributed by atoms with E-state index < -0.39 is 34.5 Å². The smallest absolute Gasteiger partial charge is 0.326 e.